The maximum atomic E-state index is 12.8. The summed E-state index contributed by atoms with van der Waals surface area (Å²) in [5.74, 6) is -3.63. The predicted octanol–water partition coefficient (Wildman–Crippen LogP) is 1.44. The van der Waals surface area contributed by atoms with E-state index in [-0.39, 0.29) is 23.0 Å². The Bertz CT molecular complexity index is 1390. The number of aliphatic hydroxyl groups is 3. The highest BCUT2D eigenvalue weighted by atomic mass is 16.7. The molecule has 0 amide bonds. The fraction of sp³-hybridized carbons (Fsp3) is 0.250. The molecule has 1 fully saturated rings. The lowest BCUT2D eigenvalue weighted by Crippen LogP contribution is -2.61. The summed E-state index contributed by atoms with van der Waals surface area (Å²) in [6.07, 6.45) is -4.84. The van der Waals surface area contributed by atoms with E-state index in [0.29, 0.717) is 11.1 Å². The number of benzene rings is 3. The van der Waals surface area contributed by atoms with Crippen molar-refractivity contribution in [3.05, 3.63) is 65.2 Å². The third-order valence-electron chi connectivity index (χ3n) is 6.20. The second kappa shape index (κ2) is 12.2. The number of carbonyl (C=O) groups excluding carboxylic acids is 1. The van der Waals surface area contributed by atoms with Crippen molar-refractivity contribution < 1.29 is 64.6 Å². The van der Waals surface area contributed by atoms with E-state index >= 15 is 0 Å². The van der Waals surface area contributed by atoms with Crippen LogP contribution in [0.4, 0.5) is 0 Å². The number of carbonyl (C=O) groups is 1. The zero-order chi connectivity index (χ0) is 29.8. The molecular formula is C28H28O13. The predicted molar refractivity (Wildman–Crippen MR) is 141 cm³/mol. The molecule has 1 saturated heterocycles. The Hall–Kier alpha value is -4.69. The van der Waals surface area contributed by atoms with Crippen LogP contribution >= 0.6 is 0 Å². The van der Waals surface area contributed by atoms with E-state index in [1.807, 2.05) is 0 Å². The number of esters is 1. The molecule has 1 heterocycles. The lowest BCUT2D eigenvalue weighted by molar-refractivity contribution is -0.276. The molecule has 5 atom stereocenters. The molecule has 41 heavy (non-hydrogen) atoms. The van der Waals surface area contributed by atoms with Crippen LogP contribution in [0.5, 0.6) is 40.2 Å². The van der Waals surface area contributed by atoms with Crippen LogP contribution in [-0.4, -0.2) is 91.2 Å². The van der Waals surface area contributed by atoms with Gasteiger partial charge in [0.15, 0.2) is 34.9 Å². The molecule has 0 saturated carbocycles. The van der Waals surface area contributed by atoms with E-state index in [1.165, 1.54) is 31.4 Å². The van der Waals surface area contributed by atoms with Crippen LogP contribution in [0.1, 0.15) is 21.5 Å². The molecule has 218 valence electrons. The van der Waals surface area contributed by atoms with Gasteiger partial charge in [0.1, 0.15) is 29.8 Å². The van der Waals surface area contributed by atoms with E-state index in [0.717, 1.165) is 12.1 Å². The first-order valence-electron chi connectivity index (χ1n) is 12.1. The average Bonchev–Trinajstić information content (AvgIpc) is 2.93. The fourth-order valence-electron chi connectivity index (χ4n) is 4.11. The van der Waals surface area contributed by atoms with Crippen LogP contribution in [0.2, 0.25) is 0 Å². The van der Waals surface area contributed by atoms with Gasteiger partial charge in [-0.1, -0.05) is 18.2 Å². The molecule has 8 N–H and O–H groups in total. The standard InChI is InChI=1S/C28H28O13/c1-38-20-5-4-13(2-3-14-6-16(30)11-17(31)7-14)8-21(20)39-28-26(25(36)24(35)22(12-29)40-28)41-27(37)15-9-18(32)23(34)19(33)10-15/h2-11,22,24-26,28-36H,12H2,1H3/b3-2+/t22-,24-,25+,26-,28-/m1/s1. The number of aromatic hydroxyl groups is 5. The van der Waals surface area contributed by atoms with Crippen molar-refractivity contribution in [1.82, 2.24) is 0 Å². The quantitative estimate of drug-likeness (QED) is 0.109. The summed E-state index contributed by atoms with van der Waals surface area (Å²) in [4.78, 5) is 12.8. The number of ether oxygens (including phenoxy) is 4. The molecule has 1 aliphatic heterocycles. The van der Waals surface area contributed by atoms with Gasteiger partial charge in [0.2, 0.25) is 6.29 Å². The number of methoxy groups -OCH3 is 1. The number of hydrogen-bond donors (Lipinski definition) is 8. The molecule has 3 aromatic carbocycles. The second-order valence-electron chi connectivity index (χ2n) is 9.08. The molecule has 0 aliphatic carbocycles. The molecule has 0 bridgehead atoms. The smallest absolute Gasteiger partial charge is 0.339 e. The van der Waals surface area contributed by atoms with Crippen molar-refractivity contribution in [3.8, 4) is 40.2 Å². The van der Waals surface area contributed by atoms with Gasteiger partial charge in [-0.3, -0.25) is 0 Å². The third-order valence-corrected chi connectivity index (χ3v) is 6.20. The van der Waals surface area contributed by atoms with Gasteiger partial charge in [0.25, 0.3) is 0 Å². The fourth-order valence-corrected chi connectivity index (χ4v) is 4.11. The number of phenols is 5. The largest absolute Gasteiger partial charge is 0.508 e. The highest BCUT2D eigenvalue weighted by Crippen LogP contribution is 2.37. The summed E-state index contributed by atoms with van der Waals surface area (Å²) in [5, 5.41) is 79.2. The highest BCUT2D eigenvalue weighted by Gasteiger charge is 2.48. The lowest BCUT2D eigenvalue weighted by atomic mass is 9.99. The molecule has 3 aromatic rings. The Morgan fingerprint density at radius 3 is 2.10 bits per heavy atom. The van der Waals surface area contributed by atoms with Crippen molar-refractivity contribution in [3.63, 3.8) is 0 Å². The van der Waals surface area contributed by atoms with E-state index in [2.05, 4.69) is 0 Å². The summed E-state index contributed by atoms with van der Waals surface area (Å²) in [6.45, 7) is -0.713. The van der Waals surface area contributed by atoms with Crippen molar-refractivity contribution in [1.29, 1.82) is 0 Å². The number of rotatable bonds is 8. The number of aliphatic hydroxyl groups excluding tert-OH is 3. The SMILES string of the molecule is COc1ccc(/C=C/c2cc(O)cc(O)c2)cc1O[C@@H]1O[C@H](CO)[C@@H](O)[C@H](O)[C@H]1OC(=O)c1cc(O)c(O)c(O)c1. The van der Waals surface area contributed by atoms with Gasteiger partial charge in [0.05, 0.1) is 19.3 Å². The zero-order valence-corrected chi connectivity index (χ0v) is 21.5. The van der Waals surface area contributed by atoms with Crippen LogP contribution in [0, 0.1) is 0 Å². The molecule has 0 spiro atoms. The van der Waals surface area contributed by atoms with E-state index in [9.17, 15) is 45.6 Å². The van der Waals surface area contributed by atoms with Gasteiger partial charge in [-0.25, -0.2) is 4.79 Å². The minimum atomic E-state index is -1.80. The minimum Gasteiger partial charge on any atom is -0.508 e. The lowest BCUT2D eigenvalue weighted by Gasteiger charge is -2.41. The van der Waals surface area contributed by atoms with Crippen molar-refractivity contribution in [2.75, 3.05) is 13.7 Å². The van der Waals surface area contributed by atoms with Crippen LogP contribution in [0.3, 0.4) is 0 Å². The maximum absolute atomic E-state index is 12.8. The molecule has 0 aromatic heterocycles. The summed E-state index contributed by atoms with van der Waals surface area (Å²) in [7, 11) is 1.37. The van der Waals surface area contributed by atoms with Crippen molar-refractivity contribution in [2.24, 2.45) is 0 Å². The van der Waals surface area contributed by atoms with Crippen LogP contribution in [0.15, 0.2) is 48.5 Å². The maximum Gasteiger partial charge on any atom is 0.339 e. The average molecular weight is 573 g/mol. The Morgan fingerprint density at radius 2 is 1.49 bits per heavy atom. The first-order chi connectivity index (χ1) is 19.5. The normalized spacial score (nSPS) is 22.4. The molecule has 13 nitrogen and oxygen atoms in total. The highest BCUT2D eigenvalue weighted by molar-refractivity contribution is 5.91. The summed E-state index contributed by atoms with van der Waals surface area (Å²) >= 11 is 0. The number of hydrogen-bond acceptors (Lipinski definition) is 13. The Kier molecular flexibility index (Phi) is 8.74. The third kappa shape index (κ3) is 6.56. The summed E-state index contributed by atoms with van der Waals surface area (Å²) < 4.78 is 22.2. The van der Waals surface area contributed by atoms with Gasteiger partial charge >= 0.3 is 5.97 Å². The number of phenolic OH excluding ortho intramolecular Hbond substituents is 5. The second-order valence-corrected chi connectivity index (χ2v) is 9.08. The van der Waals surface area contributed by atoms with Gasteiger partial charge in [-0.05, 0) is 47.5 Å². The Morgan fingerprint density at radius 1 is 0.854 bits per heavy atom. The summed E-state index contributed by atoms with van der Waals surface area (Å²) in [5.41, 5.74) is 0.658. The topological polar surface area (TPSA) is 216 Å². The zero-order valence-electron chi connectivity index (χ0n) is 21.5. The van der Waals surface area contributed by atoms with Gasteiger partial charge in [-0.2, -0.15) is 0 Å². The molecule has 1 aliphatic rings. The van der Waals surface area contributed by atoms with Crippen molar-refractivity contribution >= 4 is 18.1 Å². The first-order valence-corrected chi connectivity index (χ1v) is 12.1. The first kappa shape index (κ1) is 29.3. The molecule has 0 unspecified atom stereocenters. The Balaban J connectivity index is 1.63. The van der Waals surface area contributed by atoms with E-state index in [1.54, 1.807) is 24.3 Å². The molecule has 4 rings (SSSR count). The van der Waals surface area contributed by atoms with Gasteiger partial charge in [0, 0.05) is 6.07 Å². The van der Waals surface area contributed by atoms with Gasteiger partial charge < -0.3 is 59.8 Å². The molecule has 13 heteroatoms. The molecular weight excluding hydrogens is 544 g/mol. The van der Waals surface area contributed by atoms with Crippen LogP contribution in [-0.2, 0) is 9.47 Å². The van der Waals surface area contributed by atoms with E-state index in [4.69, 9.17) is 18.9 Å². The van der Waals surface area contributed by atoms with Crippen LogP contribution < -0.4 is 9.47 Å². The monoisotopic (exact) mass is 572 g/mol. The molecule has 0 radical (unpaired) electrons. The Labute approximate surface area is 232 Å². The minimum absolute atomic E-state index is 0.0552. The van der Waals surface area contributed by atoms with Crippen molar-refractivity contribution in [2.45, 2.75) is 30.7 Å². The van der Waals surface area contributed by atoms with E-state index < -0.39 is 66.1 Å². The van der Waals surface area contributed by atoms with Crippen LogP contribution in [0.25, 0.3) is 12.2 Å². The van der Waals surface area contributed by atoms with Gasteiger partial charge in [-0.15, -0.1) is 0 Å². The summed E-state index contributed by atoms with van der Waals surface area (Å²) in [6, 6.07) is 10.4.